The van der Waals surface area contributed by atoms with Crippen LogP contribution in [0.5, 0.6) is 0 Å². The summed E-state index contributed by atoms with van der Waals surface area (Å²) in [6, 6.07) is 2.39. The molecule has 0 radical (unpaired) electrons. The van der Waals surface area contributed by atoms with Gasteiger partial charge in [-0.25, -0.2) is 4.39 Å². The summed E-state index contributed by atoms with van der Waals surface area (Å²) in [5, 5.41) is 23.7. The van der Waals surface area contributed by atoms with Crippen LogP contribution in [-0.4, -0.2) is 23.2 Å². The summed E-state index contributed by atoms with van der Waals surface area (Å²) in [4.78, 5) is 10.6. The van der Waals surface area contributed by atoms with Gasteiger partial charge >= 0.3 is 0 Å². The minimum absolute atomic E-state index is 0.0423. The van der Waals surface area contributed by atoms with E-state index in [0.29, 0.717) is 6.54 Å². The fourth-order valence-electron chi connectivity index (χ4n) is 2.80. The van der Waals surface area contributed by atoms with E-state index in [9.17, 15) is 19.6 Å². The highest BCUT2D eigenvalue weighted by Gasteiger charge is 2.32. The Kier molecular flexibility index (Phi) is 5.37. The average molecular weight is 408 g/mol. The highest BCUT2D eigenvalue weighted by atomic mass is 127. The number of hydrogen-bond acceptors (Lipinski definition) is 4. The summed E-state index contributed by atoms with van der Waals surface area (Å²) in [6.45, 7) is 0.463. The van der Waals surface area contributed by atoms with Crippen molar-refractivity contribution in [1.82, 2.24) is 0 Å². The number of halogens is 2. The minimum atomic E-state index is -0.517. The minimum Gasteiger partial charge on any atom is -0.396 e. The smallest absolute Gasteiger partial charge is 0.293 e. The fourth-order valence-corrected chi connectivity index (χ4v) is 3.25. The number of nitrogens with one attached hydrogen (secondary N) is 1. The Morgan fingerprint density at radius 1 is 1.38 bits per heavy atom. The first-order valence-electron chi connectivity index (χ1n) is 6.96. The van der Waals surface area contributed by atoms with Crippen LogP contribution in [0.25, 0.3) is 0 Å². The van der Waals surface area contributed by atoms with Crippen LogP contribution < -0.4 is 5.32 Å². The first kappa shape index (κ1) is 16.4. The topological polar surface area (TPSA) is 75.4 Å². The van der Waals surface area contributed by atoms with Gasteiger partial charge in [0.25, 0.3) is 5.69 Å². The zero-order valence-electron chi connectivity index (χ0n) is 11.6. The maximum absolute atomic E-state index is 13.6. The number of nitro groups is 1. The Bertz CT molecular complexity index is 533. The summed E-state index contributed by atoms with van der Waals surface area (Å²) >= 11 is 1.73. The highest BCUT2D eigenvalue weighted by Crippen LogP contribution is 2.37. The molecular weight excluding hydrogens is 390 g/mol. The second-order valence-corrected chi connectivity index (χ2v) is 6.78. The van der Waals surface area contributed by atoms with Crippen LogP contribution >= 0.6 is 22.6 Å². The number of anilines is 1. The first-order chi connectivity index (χ1) is 9.97. The third-order valence-corrected chi connectivity index (χ3v) is 4.97. The standard InChI is InChI=1S/C14H18FIN2O3/c15-10-6-12(13(18(20)21)7-11(10)16)17-8-14(9-19)4-2-1-3-5-14/h6-7,17,19H,1-5,8-9H2. The molecule has 0 spiro atoms. The first-order valence-corrected chi connectivity index (χ1v) is 8.03. The second-order valence-electron chi connectivity index (χ2n) is 5.61. The van der Waals surface area contributed by atoms with Crippen molar-refractivity contribution in [1.29, 1.82) is 0 Å². The zero-order chi connectivity index (χ0) is 15.5. The molecule has 1 aliphatic rings. The summed E-state index contributed by atoms with van der Waals surface area (Å²) in [6.07, 6.45) is 5.02. The van der Waals surface area contributed by atoms with Crippen molar-refractivity contribution >= 4 is 34.0 Å². The number of aliphatic hydroxyl groups is 1. The van der Waals surface area contributed by atoms with Crippen LogP contribution in [0.3, 0.4) is 0 Å². The van der Waals surface area contributed by atoms with Gasteiger partial charge in [0, 0.05) is 24.1 Å². The Morgan fingerprint density at radius 3 is 2.62 bits per heavy atom. The molecule has 0 bridgehead atoms. The van der Waals surface area contributed by atoms with E-state index < -0.39 is 10.7 Å². The van der Waals surface area contributed by atoms with Crippen LogP contribution in [0.2, 0.25) is 0 Å². The highest BCUT2D eigenvalue weighted by molar-refractivity contribution is 14.1. The van der Waals surface area contributed by atoms with Crippen molar-refractivity contribution in [2.45, 2.75) is 32.1 Å². The van der Waals surface area contributed by atoms with Gasteiger partial charge in [-0.2, -0.15) is 0 Å². The molecule has 2 rings (SSSR count). The SMILES string of the molecule is O=[N+]([O-])c1cc(I)c(F)cc1NCC1(CO)CCCCC1. The van der Waals surface area contributed by atoms with E-state index in [1.807, 2.05) is 0 Å². The molecule has 1 saturated carbocycles. The Hall–Kier alpha value is -0.960. The Morgan fingerprint density at radius 2 is 2.05 bits per heavy atom. The molecule has 0 amide bonds. The molecule has 2 N–H and O–H groups in total. The molecule has 0 aliphatic heterocycles. The van der Waals surface area contributed by atoms with Crippen molar-refractivity contribution in [3.63, 3.8) is 0 Å². The van der Waals surface area contributed by atoms with Gasteiger partial charge in [-0.15, -0.1) is 0 Å². The van der Waals surface area contributed by atoms with Crippen LogP contribution in [0.1, 0.15) is 32.1 Å². The van der Waals surface area contributed by atoms with Crippen LogP contribution in [0.15, 0.2) is 12.1 Å². The molecule has 116 valence electrons. The number of rotatable bonds is 5. The molecule has 0 atom stereocenters. The maximum atomic E-state index is 13.6. The number of nitrogens with zero attached hydrogens (tertiary/aromatic N) is 1. The third kappa shape index (κ3) is 3.82. The molecule has 21 heavy (non-hydrogen) atoms. The molecule has 1 fully saturated rings. The fraction of sp³-hybridized carbons (Fsp3) is 0.571. The summed E-state index contributed by atoms with van der Waals surface area (Å²) in [7, 11) is 0. The van der Waals surface area contributed by atoms with Crippen LogP contribution in [-0.2, 0) is 0 Å². The van der Waals surface area contributed by atoms with Crippen molar-refractivity contribution < 1.29 is 14.4 Å². The van der Waals surface area contributed by atoms with E-state index in [0.717, 1.165) is 38.2 Å². The third-order valence-electron chi connectivity index (χ3n) is 4.14. The lowest BCUT2D eigenvalue weighted by atomic mass is 9.74. The largest absolute Gasteiger partial charge is 0.396 e. The molecule has 1 aromatic carbocycles. The summed E-state index contributed by atoms with van der Waals surface area (Å²) in [5.74, 6) is -0.481. The van der Waals surface area contributed by atoms with E-state index in [1.54, 1.807) is 22.6 Å². The summed E-state index contributed by atoms with van der Waals surface area (Å²) < 4.78 is 13.9. The molecule has 0 heterocycles. The number of nitro benzene ring substituents is 1. The molecular formula is C14H18FIN2O3. The lowest BCUT2D eigenvalue weighted by molar-refractivity contribution is -0.384. The van der Waals surface area contributed by atoms with E-state index in [4.69, 9.17) is 0 Å². The van der Waals surface area contributed by atoms with E-state index in [2.05, 4.69) is 5.32 Å². The Balaban J connectivity index is 2.18. The zero-order valence-corrected chi connectivity index (χ0v) is 13.7. The van der Waals surface area contributed by atoms with Crippen molar-refractivity contribution in [2.24, 2.45) is 5.41 Å². The summed E-state index contributed by atoms with van der Waals surface area (Å²) in [5.41, 5.74) is -0.216. The van der Waals surface area contributed by atoms with E-state index >= 15 is 0 Å². The maximum Gasteiger partial charge on any atom is 0.293 e. The van der Waals surface area contributed by atoms with Gasteiger partial charge < -0.3 is 10.4 Å². The molecule has 5 nitrogen and oxygen atoms in total. The molecule has 0 saturated heterocycles. The van der Waals surface area contributed by atoms with Gasteiger partial charge in [-0.3, -0.25) is 10.1 Å². The lowest BCUT2D eigenvalue weighted by Gasteiger charge is -2.35. The molecule has 7 heteroatoms. The van der Waals surface area contributed by atoms with Crippen molar-refractivity contribution in [3.05, 3.63) is 31.6 Å². The molecule has 0 unspecified atom stereocenters. The normalized spacial score (nSPS) is 17.5. The number of aliphatic hydroxyl groups excluding tert-OH is 1. The van der Waals surface area contributed by atoms with Crippen molar-refractivity contribution in [2.75, 3.05) is 18.5 Å². The Labute approximate surface area is 136 Å². The van der Waals surface area contributed by atoms with Gasteiger partial charge in [0.1, 0.15) is 11.5 Å². The van der Waals surface area contributed by atoms with Gasteiger partial charge in [0.2, 0.25) is 0 Å². The van der Waals surface area contributed by atoms with Gasteiger partial charge in [-0.1, -0.05) is 19.3 Å². The predicted octanol–water partition coefficient (Wildman–Crippen LogP) is 3.69. The monoisotopic (exact) mass is 408 g/mol. The van der Waals surface area contributed by atoms with Gasteiger partial charge in [0.05, 0.1) is 15.1 Å². The molecule has 1 aromatic rings. The van der Waals surface area contributed by atoms with Crippen molar-refractivity contribution in [3.8, 4) is 0 Å². The molecule has 0 aromatic heterocycles. The average Bonchev–Trinajstić information content (AvgIpc) is 2.48. The van der Waals surface area contributed by atoms with Gasteiger partial charge in [0.15, 0.2) is 0 Å². The van der Waals surface area contributed by atoms with E-state index in [1.165, 1.54) is 6.07 Å². The lowest BCUT2D eigenvalue weighted by Crippen LogP contribution is -2.35. The quantitative estimate of drug-likeness (QED) is 0.443. The van der Waals surface area contributed by atoms with E-state index in [-0.39, 0.29) is 27.0 Å². The number of benzene rings is 1. The van der Waals surface area contributed by atoms with Gasteiger partial charge in [-0.05, 0) is 35.4 Å². The van der Waals surface area contributed by atoms with Crippen LogP contribution in [0.4, 0.5) is 15.8 Å². The second kappa shape index (κ2) is 6.87. The van der Waals surface area contributed by atoms with Crippen LogP contribution in [0, 0.1) is 24.9 Å². The number of hydrogen-bond donors (Lipinski definition) is 2. The predicted molar refractivity (Wildman–Crippen MR) is 86.9 cm³/mol. The molecule has 1 aliphatic carbocycles.